The van der Waals surface area contributed by atoms with Gasteiger partial charge in [-0.1, -0.05) is 60.1 Å². The molecule has 5 rings (SSSR count). The Balaban J connectivity index is 1.58. The van der Waals surface area contributed by atoms with E-state index in [0.29, 0.717) is 44.2 Å². The molecule has 0 aliphatic rings. The molecule has 0 fully saturated rings. The second-order valence-corrected chi connectivity index (χ2v) is 8.83. The lowest BCUT2D eigenvalue weighted by Gasteiger charge is -2.22. The van der Waals surface area contributed by atoms with Crippen LogP contribution in [0.5, 0.6) is 0 Å². The summed E-state index contributed by atoms with van der Waals surface area (Å²) in [5, 5.41) is 7.68. The van der Waals surface area contributed by atoms with Crippen molar-refractivity contribution < 1.29 is 4.79 Å². The molecule has 0 unspecified atom stereocenters. The monoisotopic (exact) mass is 510 g/mol. The molecule has 0 aliphatic carbocycles. The van der Waals surface area contributed by atoms with Crippen LogP contribution in [0, 0.1) is 0 Å². The number of hydrogen-bond donors (Lipinski definition) is 3. The van der Waals surface area contributed by atoms with Gasteiger partial charge in [0.25, 0.3) is 11.5 Å². The van der Waals surface area contributed by atoms with E-state index in [9.17, 15) is 9.59 Å². The summed E-state index contributed by atoms with van der Waals surface area (Å²) in [4.78, 5) is 34.8. The highest BCUT2D eigenvalue weighted by atomic mass is 35.5. The van der Waals surface area contributed by atoms with Crippen LogP contribution in [0.3, 0.4) is 0 Å². The van der Waals surface area contributed by atoms with Crippen molar-refractivity contribution in [3.63, 3.8) is 0 Å². The molecule has 0 aliphatic heterocycles. The van der Waals surface area contributed by atoms with Crippen LogP contribution in [0.4, 0.5) is 17.5 Å². The lowest BCUT2D eigenvalue weighted by atomic mass is 10.1. The number of hydrogen-bond acceptors (Lipinski definition) is 6. The van der Waals surface area contributed by atoms with Crippen molar-refractivity contribution >= 4 is 45.7 Å². The summed E-state index contributed by atoms with van der Waals surface area (Å²) in [6.45, 7) is 1.89. The molecule has 184 valence electrons. The third-order valence-corrected chi connectivity index (χ3v) is 6.24. The Morgan fingerprint density at radius 3 is 2.43 bits per heavy atom. The first-order valence-corrected chi connectivity index (χ1v) is 11.9. The molecule has 1 atom stereocenters. The van der Waals surface area contributed by atoms with Crippen LogP contribution in [-0.2, 0) is 0 Å². The van der Waals surface area contributed by atoms with Crippen LogP contribution in [-0.4, -0.2) is 20.4 Å². The molecular formula is C28H23ClN6O2. The zero-order valence-corrected chi connectivity index (χ0v) is 20.6. The van der Waals surface area contributed by atoms with Gasteiger partial charge < -0.3 is 16.4 Å². The zero-order valence-electron chi connectivity index (χ0n) is 19.9. The number of anilines is 3. The van der Waals surface area contributed by atoms with Crippen LogP contribution in [0.1, 0.15) is 29.0 Å². The number of nitrogens with one attached hydrogen (secondary N) is 2. The molecule has 0 bridgehead atoms. The van der Waals surface area contributed by atoms with Crippen LogP contribution >= 0.6 is 11.6 Å². The number of halogens is 1. The molecule has 0 saturated carbocycles. The van der Waals surface area contributed by atoms with Gasteiger partial charge >= 0.3 is 0 Å². The normalized spacial score (nSPS) is 11.7. The topological polar surface area (TPSA) is 115 Å². The Hall–Kier alpha value is -4.69. The molecule has 5 aromatic rings. The molecule has 3 aromatic carbocycles. The fraction of sp³-hybridized carbons (Fsp3) is 0.0714. The van der Waals surface area contributed by atoms with Gasteiger partial charge in [0.15, 0.2) is 5.82 Å². The summed E-state index contributed by atoms with van der Waals surface area (Å²) < 4.78 is 1.62. The van der Waals surface area contributed by atoms with E-state index in [2.05, 4.69) is 20.6 Å². The molecule has 0 saturated heterocycles. The number of nitrogen functional groups attached to an aromatic ring is 1. The molecule has 9 heteroatoms. The van der Waals surface area contributed by atoms with Crippen LogP contribution in [0.2, 0.25) is 5.02 Å². The quantitative estimate of drug-likeness (QED) is 0.280. The number of aromatic nitrogens is 3. The van der Waals surface area contributed by atoms with E-state index in [1.54, 1.807) is 41.0 Å². The van der Waals surface area contributed by atoms with E-state index in [1.165, 1.54) is 6.20 Å². The van der Waals surface area contributed by atoms with E-state index in [-0.39, 0.29) is 17.4 Å². The maximum Gasteiger partial charge on any atom is 0.264 e. The average Bonchev–Trinajstić information content (AvgIpc) is 2.91. The van der Waals surface area contributed by atoms with Crippen molar-refractivity contribution in [2.24, 2.45) is 0 Å². The number of nitrogens with zero attached hydrogens (tertiary/aromatic N) is 3. The highest BCUT2D eigenvalue weighted by Crippen LogP contribution is 2.29. The summed E-state index contributed by atoms with van der Waals surface area (Å²) in [6.07, 6.45) is 1.45. The van der Waals surface area contributed by atoms with E-state index >= 15 is 0 Å². The fourth-order valence-corrected chi connectivity index (χ4v) is 4.42. The molecule has 1 amide bonds. The SMILES string of the molecule is C[C@H](Nc1nc(N)ncc1NC(=O)c1ccccc1)c1cc2cccc(Cl)c2c(=O)n1-c1ccccc1. The van der Waals surface area contributed by atoms with Gasteiger partial charge in [-0.05, 0) is 48.7 Å². The number of fused-ring (bicyclic) bond motifs is 1. The lowest BCUT2D eigenvalue weighted by Crippen LogP contribution is -2.26. The summed E-state index contributed by atoms with van der Waals surface area (Å²) >= 11 is 6.42. The summed E-state index contributed by atoms with van der Waals surface area (Å²) in [7, 11) is 0. The Kier molecular flexibility index (Phi) is 6.57. The molecule has 2 heterocycles. The van der Waals surface area contributed by atoms with Gasteiger partial charge in [0.2, 0.25) is 5.95 Å². The first-order chi connectivity index (χ1) is 17.9. The smallest absolute Gasteiger partial charge is 0.264 e. The minimum absolute atomic E-state index is 0.0400. The van der Waals surface area contributed by atoms with Gasteiger partial charge in [-0.25, -0.2) is 4.98 Å². The third kappa shape index (κ3) is 4.87. The van der Waals surface area contributed by atoms with Crippen LogP contribution in [0.25, 0.3) is 16.5 Å². The number of carbonyl (C=O) groups is 1. The predicted molar refractivity (Wildman–Crippen MR) is 147 cm³/mol. The molecule has 0 radical (unpaired) electrons. The predicted octanol–water partition coefficient (Wildman–Crippen LogP) is 5.44. The lowest BCUT2D eigenvalue weighted by molar-refractivity contribution is 0.102. The molecular weight excluding hydrogens is 488 g/mol. The number of benzene rings is 3. The van der Waals surface area contributed by atoms with Crippen molar-refractivity contribution in [2.75, 3.05) is 16.4 Å². The van der Waals surface area contributed by atoms with E-state index < -0.39 is 6.04 Å². The Morgan fingerprint density at radius 1 is 1.00 bits per heavy atom. The number of para-hydroxylation sites is 1. The standard InChI is InChI=1S/C28H23ClN6O2/c1-17(32-25-22(16-31-28(30)34-25)33-26(36)18-9-4-2-5-10-18)23-15-19-11-8-14-21(29)24(19)27(37)35(23)20-12-6-3-7-13-20/h2-17H,1H3,(H,33,36)(H3,30,31,32,34)/t17-/m0/s1. The second kappa shape index (κ2) is 10.1. The number of carbonyl (C=O) groups excluding carboxylic acids is 1. The molecule has 37 heavy (non-hydrogen) atoms. The maximum atomic E-state index is 13.7. The number of pyridine rings is 1. The van der Waals surface area contributed by atoms with E-state index in [0.717, 1.165) is 0 Å². The van der Waals surface area contributed by atoms with Crippen LogP contribution in [0.15, 0.2) is 95.9 Å². The number of rotatable bonds is 6. The third-order valence-electron chi connectivity index (χ3n) is 5.93. The van der Waals surface area contributed by atoms with Gasteiger partial charge in [-0.3, -0.25) is 14.2 Å². The highest BCUT2D eigenvalue weighted by Gasteiger charge is 2.20. The van der Waals surface area contributed by atoms with E-state index in [1.807, 2.05) is 55.5 Å². The fourth-order valence-electron chi connectivity index (χ4n) is 4.16. The molecule has 4 N–H and O–H groups in total. The Morgan fingerprint density at radius 2 is 1.70 bits per heavy atom. The van der Waals surface area contributed by atoms with Crippen molar-refractivity contribution in [1.82, 2.24) is 14.5 Å². The molecule has 0 spiro atoms. The van der Waals surface area contributed by atoms with Crippen molar-refractivity contribution in [3.05, 3.63) is 118 Å². The zero-order chi connectivity index (χ0) is 25.9. The van der Waals surface area contributed by atoms with Crippen molar-refractivity contribution in [2.45, 2.75) is 13.0 Å². The summed E-state index contributed by atoms with van der Waals surface area (Å²) in [5.74, 6) is 0.0481. The van der Waals surface area contributed by atoms with E-state index in [4.69, 9.17) is 17.3 Å². The largest absolute Gasteiger partial charge is 0.368 e. The minimum atomic E-state index is -0.432. The molecule has 8 nitrogen and oxygen atoms in total. The van der Waals surface area contributed by atoms with Gasteiger partial charge in [-0.2, -0.15) is 4.98 Å². The van der Waals surface area contributed by atoms with Gasteiger partial charge in [0, 0.05) is 16.9 Å². The summed E-state index contributed by atoms with van der Waals surface area (Å²) in [5.41, 5.74) is 7.84. The molecule has 2 aromatic heterocycles. The van der Waals surface area contributed by atoms with Crippen LogP contribution < -0.4 is 21.9 Å². The van der Waals surface area contributed by atoms with Gasteiger partial charge in [-0.15, -0.1) is 0 Å². The first-order valence-electron chi connectivity index (χ1n) is 11.6. The first kappa shape index (κ1) is 24.0. The second-order valence-electron chi connectivity index (χ2n) is 8.43. The Labute approximate surface area is 217 Å². The number of amides is 1. The average molecular weight is 511 g/mol. The van der Waals surface area contributed by atoms with Crippen molar-refractivity contribution in [1.29, 1.82) is 0 Å². The highest BCUT2D eigenvalue weighted by molar-refractivity contribution is 6.35. The Bertz CT molecular complexity index is 1660. The minimum Gasteiger partial charge on any atom is -0.368 e. The number of nitrogens with two attached hydrogens (primary N) is 1. The maximum absolute atomic E-state index is 13.7. The summed E-state index contributed by atoms with van der Waals surface area (Å²) in [6, 6.07) is 25.0. The van der Waals surface area contributed by atoms with Gasteiger partial charge in [0.05, 0.1) is 22.6 Å². The van der Waals surface area contributed by atoms with Crippen molar-refractivity contribution in [3.8, 4) is 5.69 Å². The van der Waals surface area contributed by atoms with Gasteiger partial charge in [0.1, 0.15) is 5.69 Å².